The maximum atomic E-state index is 14.9. The molecule has 2 fully saturated rings. The molecule has 0 atom stereocenters. The van der Waals surface area contributed by atoms with Gasteiger partial charge in [-0.3, -0.25) is 19.7 Å². The molecule has 1 aliphatic carbocycles. The van der Waals surface area contributed by atoms with Crippen molar-refractivity contribution in [2.75, 3.05) is 71.6 Å². The zero-order valence-corrected chi connectivity index (χ0v) is 27.6. The number of amides is 3. The number of hydrogen-bond acceptors (Lipinski definition) is 10. The molecule has 254 valence electrons. The number of aromatic nitrogens is 2. The van der Waals surface area contributed by atoms with Crippen molar-refractivity contribution >= 4 is 39.2 Å². The summed E-state index contributed by atoms with van der Waals surface area (Å²) in [5, 5.41) is 5.47. The van der Waals surface area contributed by atoms with Crippen molar-refractivity contribution in [3.05, 3.63) is 66.2 Å². The molecule has 1 saturated carbocycles. The van der Waals surface area contributed by atoms with E-state index in [1.54, 1.807) is 25.4 Å². The highest BCUT2D eigenvalue weighted by atomic mass is 32.1. The van der Waals surface area contributed by atoms with Crippen LogP contribution in [0.1, 0.15) is 18.4 Å². The van der Waals surface area contributed by atoms with Crippen LogP contribution in [0.2, 0.25) is 0 Å². The van der Waals surface area contributed by atoms with Gasteiger partial charge in [-0.1, -0.05) is 6.07 Å². The van der Waals surface area contributed by atoms with Crippen LogP contribution in [0.5, 0.6) is 11.5 Å². The van der Waals surface area contributed by atoms with Crippen molar-refractivity contribution in [2.45, 2.75) is 25.4 Å². The minimum atomic E-state index is -0.587. The molecule has 0 radical (unpaired) electrons. The van der Waals surface area contributed by atoms with Crippen molar-refractivity contribution in [3.63, 3.8) is 0 Å². The topological polar surface area (TPSA) is 127 Å². The Morgan fingerprint density at radius 1 is 0.958 bits per heavy atom. The Labute approximate surface area is 282 Å². The summed E-state index contributed by atoms with van der Waals surface area (Å²) in [6, 6.07) is 11.9. The molecule has 0 unspecified atom stereocenters. The zero-order valence-electron chi connectivity index (χ0n) is 26.8. The van der Waals surface area contributed by atoms with E-state index < -0.39 is 5.82 Å². The molecule has 48 heavy (non-hydrogen) atoms. The molecule has 4 heterocycles. The van der Waals surface area contributed by atoms with E-state index in [0.29, 0.717) is 51.0 Å². The highest BCUT2D eigenvalue weighted by Gasteiger charge is 2.24. The smallest absolute Gasteiger partial charge is 0.319 e. The Bertz CT molecular complexity index is 1690. The lowest BCUT2D eigenvalue weighted by atomic mass is 10.2. The van der Waals surface area contributed by atoms with Gasteiger partial charge < -0.3 is 34.5 Å². The van der Waals surface area contributed by atoms with E-state index in [-0.39, 0.29) is 30.3 Å². The van der Waals surface area contributed by atoms with Crippen LogP contribution in [0.3, 0.4) is 0 Å². The van der Waals surface area contributed by atoms with Crippen molar-refractivity contribution in [2.24, 2.45) is 0 Å². The zero-order chi connectivity index (χ0) is 33.3. The van der Waals surface area contributed by atoms with E-state index in [1.807, 2.05) is 23.2 Å². The minimum Gasteiger partial charge on any atom is -0.453 e. The van der Waals surface area contributed by atoms with Crippen molar-refractivity contribution in [1.29, 1.82) is 0 Å². The Morgan fingerprint density at radius 3 is 2.52 bits per heavy atom. The minimum absolute atomic E-state index is 0.00543. The van der Waals surface area contributed by atoms with Crippen LogP contribution in [-0.2, 0) is 25.5 Å². The van der Waals surface area contributed by atoms with E-state index in [0.717, 1.165) is 58.8 Å². The molecule has 6 rings (SSSR count). The molecule has 4 aromatic rings. The molecule has 14 heteroatoms. The van der Waals surface area contributed by atoms with E-state index in [2.05, 4.69) is 26.6 Å². The number of hydrogen-bond donors (Lipinski definition) is 2. The first-order valence-electron chi connectivity index (χ1n) is 16.0. The number of thiophene rings is 1. The normalized spacial score (nSPS) is 15.1. The van der Waals surface area contributed by atoms with E-state index >= 15 is 0 Å². The van der Waals surface area contributed by atoms with Crippen LogP contribution in [0.25, 0.3) is 20.8 Å². The lowest BCUT2D eigenvalue weighted by Crippen LogP contribution is -2.49. The van der Waals surface area contributed by atoms with Gasteiger partial charge >= 0.3 is 6.03 Å². The van der Waals surface area contributed by atoms with Gasteiger partial charge in [-0.2, -0.15) is 0 Å². The largest absolute Gasteiger partial charge is 0.453 e. The highest BCUT2D eigenvalue weighted by Crippen LogP contribution is 2.39. The van der Waals surface area contributed by atoms with E-state index in [4.69, 9.17) is 23.9 Å². The lowest BCUT2D eigenvalue weighted by molar-refractivity contribution is -0.138. The van der Waals surface area contributed by atoms with Gasteiger partial charge in [-0.15, -0.1) is 11.3 Å². The fourth-order valence-electron chi connectivity index (χ4n) is 5.17. The molecule has 1 saturated heterocycles. The average molecular weight is 679 g/mol. The van der Waals surface area contributed by atoms with Crippen LogP contribution in [0.15, 0.2) is 54.9 Å². The summed E-state index contributed by atoms with van der Waals surface area (Å²) in [5.74, 6) is -0.0637. The SMILES string of the molecule is COCCOCCOCC(=O)N1CCN(Cc2ccc(-c3cc4nccc(Oc5ccc(NC(=O)NC6CC6)cc5F)c4s3)nc2)CC1. The van der Waals surface area contributed by atoms with Gasteiger partial charge in [0.15, 0.2) is 11.6 Å². The average Bonchev–Trinajstić information content (AvgIpc) is 3.79. The maximum Gasteiger partial charge on any atom is 0.319 e. The van der Waals surface area contributed by atoms with Crippen molar-refractivity contribution in [3.8, 4) is 22.1 Å². The number of pyridine rings is 2. The Hall–Kier alpha value is -4.21. The molecule has 1 aromatic carbocycles. The fraction of sp³-hybridized carbons (Fsp3) is 0.412. The van der Waals surface area contributed by atoms with Gasteiger partial charge in [0.2, 0.25) is 5.91 Å². The van der Waals surface area contributed by atoms with Crippen LogP contribution in [0, 0.1) is 5.82 Å². The molecular weight excluding hydrogens is 639 g/mol. The second-order valence-corrected chi connectivity index (χ2v) is 12.7. The maximum absolute atomic E-state index is 14.9. The molecule has 2 aliphatic rings. The number of rotatable bonds is 15. The molecule has 0 bridgehead atoms. The summed E-state index contributed by atoms with van der Waals surface area (Å²) in [5.41, 5.74) is 2.96. The highest BCUT2D eigenvalue weighted by molar-refractivity contribution is 7.22. The number of anilines is 1. The number of benzene rings is 1. The van der Waals surface area contributed by atoms with Gasteiger partial charge in [-0.25, -0.2) is 9.18 Å². The molecular formula is C34H39FN6O6S. The summed E-state index contributed by atoms with van der Waals surface area (Å²) in [4.78, 5) is 38.8. The third-order valence-electron chi connectivity index (χ3n) is 7.94. The van der Waals surface area contributed by atoms with Gasteiger partial charge in [0, 0.05) is 76.1 Å². The van der Waals surface area contributed by atoms with Gasteiger partial charge in [-0.05, 0) is 42.7 Å². The molecule has 0 spiro atoms. The predicted molar refractivity (Wildman–Crippen MR) is 180 cm³/mol. The van der Waals surface area contributed by atoms with Crippen LogP contribution >= 0.6 is 11.3 Å². The van der Waals surface area contributed by atoms with E-state index in [1.165, 1.54) is 23.5 Å². The second kappa shape index (κ2) is 16.3. The number of carbonyl (C=O) groups excluding carboxylic acids is 2. The van der Waals surface area contributed by atoms with Crippen LogP contribution in [0.4, 0.5) is 14.9 Å². The number of fused-ring (bicyclic) bond motifs is 1. The van der Waals surface area contributed by atoms with Gasteiger partial charge in [0.05, 0.1) is 47.2 Å². The number of nitrogens with zero attached hydrogens (tertiary/aromatic N) is 4. The lowest BCUT2D eigenvalue weighted by Gasteiger charge is -2.34. The number of methoxy groups -OCH3 is 1. The van der Waals surface area contributed by atoms with Gasteiger partial charge in [0.25, 0.3) is 0 Å². The molecule has 1 aliphatic heterocycles. The third-order valence-corrected chi connectivity index (χ3v) is 9.10. The first-order chi connectivity index (χ1) is 23.4. The Kier molecular flexibility index (Phi) is 11.4. The molecule has 3 amide bonds. The van der Waals surface area contributed by atoms with Crippen LogP contribution < -0.4 is 15.4 Å². The Balaban J connectivity index is 0.995. The molecule has 12 nitrogen and oxygen atoms in total. The van der Waals surface area contributed by atoms with Gasteiger partial charge in [0.1, 0.15) is 12.4 Å². The number of ether oxygens (including phenoxy) is 4. The molecule has 3 aromatic heterocycles. The predicted octanol–water partition coefficient (Wildman–Crippen LogP) is 4.90. The second-order valence-electron chi connectivity index (χ2n) is 11.6. The first kappa shape index (κ1) is 33.7. The first-order valence-corrected chi connectivity index (χ1v) is 16.8. The summed E-state index contributed by atoms with van der Waals surface area (Å²) >= 11 is 1.47. The van der Waals surface area contributed by atoms with Crippen LogP contribution in [-0.4, -0.2) is 104 Å². The summed E-state index contributed by atoms with van der Waals surface area (Å²) in [6.07, 6.45) is 5.44. The summed E-state index contributed by atoms with van der Waals surface area (Å²) < 4.78 is 37.4. The van der Waals surface area contributed by atoms with Crippen molar-refractivity contribution < 1.29 is 32.9 Å². The van der Waals surface area contributed by atoms with Crippen molar-refractivity contribution in [1.82, 2.24) is 25.1 Å². The number of piperazine rings is 1. The summed E-state index contributed by atoms with van der Waals surface area (Å²) in [6.45, 7) is 5.50. The summed E-state index contributed by atoms with van der Waals surface area (Å²) in [7, 11) is 1.62. The third kappa shape index (κ3) is 9.23. The number of carbonyl (C=O) groups is 2. The molecule has 2 N–H and O–H groups in total. The standard InChI is InChI=1S/C34H39FN6O6S/c1-44-14-15-45-16-17-46-22-32(42)41-12-10-40(11-13-41)21-23-2-6-27(37-20-23)31-19-28-33(48-31)30(8-9-36-28)47-29-7-5-25(18-26(29)35)39-34(43)38-24-3-4-24/h2,5-9,18-20,24H,3-4,10-17,21-22H2,1H3,(H2,38,39,43). The Morgan fingerprint density at radius 2 is 1.77 bits per heavy atom. The fourth-order valence-corrected chi connectivity index (χ4v) is 6.21. The van der Waals surface area contributed by atoms with E-state index in [9.17, 15) is 14.0 Å². The number of nitrogens with one attached hydrogen (secondary N) is 2. The monoisotopic (exact) mass is 678 g/mol. The number of urea groups is 1. The number of halogens is 1. The quantitative estimate of drug-likeness (QED) is 0.169.